The van der Waals surface area contributed by atoms with E-state index in [0.29, 0.717) is 38.6 Å². The highest BCUT2D eigenvalue weighted by Gasteiger charge is 2.30. The van der Waals surface area contributed by atoms with Crippen molar-refractivity contribution >= 4 is 21.8 Å². The fraction of sp³-hybridized carbons (Fsp3) is 0.600. The molecule has 29 heavy (non-hydrogen) atoms. The molecule has 2 fully saturated rings. The molecular formula is C20H28FN3O4S. The number of nitrogens with zero attached hydrogens (tertiary/aromatic N) is 2. The summed E-state index contributed by atoms with van der Waals surface area (Å²) in [7, 11) is -3.96. The third kappa shape index (κ3) is 5.14. The molecule has 7 nitrogen and oxygen atoms in total. The topological polar surface area (TPSA) is 86.8 Å². The van der Waals surface area contributed by atoms with E-state index in [2.05, 4.69) is 5.32 Å². The highest BCUT2D eigenvalue weighted by atomic mass is 32.2. The first kappa shape index (κ1) is 21.7. The van der Waals surface area contributed by atoms with E-state index < -0.39 is 20.7 Å². The van der Waals surface area contributed by atoms with Crippen LogP contribution in [0, 0.1) is 11.7 Å². The molecule has 2 aliphatic rings. The molecular weight excluding hydrogens is 397 g/mol. The molecule has 0 radical (unpaired) electrons. The Bertz CT molecular complexity index is 860. The molecule has 0 bridgehead atoms. The number of hydrogen-bond acceptors (Lipinski definition) is 4. The molecule has 1 N–H and O–H groups in total. The van der Waals surface area contributed by atoms with Gasteiger partial charge in [-0.25, -0.2) is 12.8 Å². The Labute approximate surface area is 171 Å². The number of halogens is 1. The first-order valence-electron chi connectivity index (χ1n) is 10.1. The summed E-state index contributed by atoms with van der Waals surface area (Å²) in [6.07, 6.45) is 3.99. The van der Waals surface area contributed by atoms with E-state index in [0.717, 1.165) is 38.2 Å². The Morgan fingerprint density at radius 3 is 2.38 bits per heavy atom. The number of hydrogen-bond donors (Lipinski definition) is 1. The second-order valence-corrected chi connectivity index (χ2v) is 9.69. The van der Waals surface area contributed by atoms with Crippen LogP contribution in [0.5, 0.6) is 0 Å². The molecule has 2 saturated heterocycles. The molecule has 2 amide bonds. The summed E-state index contributed by atoms with van der Waals surface area (Å²) in [6, 6.07) is 3.58. The van der Waals surface area contributed by atoms with Gasteiger partial charge >= 0.3 is 0 Å². The molecule has 0 spiro atoms. The largest absolute Gasteiger partial charge is 0.356 e. The number of carbonyl (C=O) groups is 2. The van der Waals surface area contributed by atoms with Crippen LogP contribution in [0.25, 0.3) is 0 Å². The molecule has 9 heteroatoms. The zero-order chi connectivity index (χ0) is 21.0. The molecule has 160 valence electrons. The van der Waals surface area contributed by atoms with Crippen molar-refractivity contribution in [1.29, 1.82) is 0 Å². The summed E-state index contributed by atoms with van der Waals surface area (Å²) in [4.78, 5) is 25.1. The molecule has 0 saturated carbocycles. The second-order valence-electron chi connectivity index (χ2n) is 7.78. The Balaban J connectivity index is 1.71. The van der Waals surface area contributed by atoms with Crippen molar-refractivity contribution in [3.63, 3.8) is 0 Å². The van der Waals surface area contributed by atoms with E-state index in [1.165, 1.54) is 23.4 Å². The van der Waals surface area contributed by atoms with Gasteiger partial charge in [0.2, 0.25) is 15.9 Å². The third-order valence-corrected chi connectivity index (χ3v) is 7.57. The number of nitrogens with one attached hydrogen (secondary N) is 1. The van der Waals surface area contributed by atoms with Crippen molar-refractivity contribution in [3.8, 4) is 0 Å². The summed E-state index contributed by atoms with van der Waals surface area (Å²) >= 11 is 0. The van der Waals surface area contributed by atoms with E-state index in [9.17, 15) is 22.4 Å². The smallest absolute Gasteiger partial charge is 0.253 e. The first-order valence-corrected chi connectivity index (χ1v) is 11.6. The third-order valence-electron chi connectivity index (χ3n) is 5.65. The second kappa shape index (κ2) is 9.21. The Kier molecular flexibility index (Phi) is 6.89. The van der Waals surface area contributed by atoms with E-state index in [1.54, 1.807) is 4.90 Å². The van der Waals surface area contributed by atoms with Gasteiger partial charge in [0.05, 0.1) is 0 Å². The van der Waals surface area contributed by atoms with Crippen molar-refractivity contribution in [2.75, 3.05) is 32.7 Å². The standard InChI is InChI=1S/C20H28FN3O4S/c1-15(25)22-14-16-7-11-23(12-8-16)20(26)17-5-6-18(21)19(13-17)29(27,28)24-9-3-2-4-10-24/h5-6,13,16H,2-4,7-12,14H2,1H3,(H,22,25). The van der Waals surface area contributed by atoms with E-state index >= 15 is 0 Å². The van der Waals surface area contributed by atoms with Crippen molar-refractivity contribution in [2.45, 2.75) is 43.9 Å². The molecule has 2 aliphatic heterocycles. The number of likely N-dealkylation sites (tertiary alicyclic amines) is 1. The Morgan fingerprint density at radius 1 is 1.10 bits per heavy atom. The average molecular weight is 426 g/mol. The molecule has 1 aromatic carbocycles. The van der Waals surface area contributed by atoms with Gasteiger partial charge in [0, 0.05) is 45.2 Å². The summed E-state index contributed by atoms with van der Waals surface area (Å²) < 4.78 is 41.4. The highest BCUT2D eigenvalue weighted by molar-refractivity contribution is 7.89. The zero-order valence-electron chi connectivity index (χ0n) is 16.7. The van der Waals surface area contributed by atoms with Crippen LogP contribution in [0.1, 0.15) is 49.4 Å². The number of carbonyl (C=O) groups excluding carboxylic acids is 2. The van der Waals surface area contributed by atoms with Gasteiger partial charge in [0.15, 0.2) is 0 Å². The zero-order valence-corrected chi connectivity index (χ0v) is 17.5. The van der Waals surface area contributed by atoms with Crippen molar-refractivity contribution in [3.05, 3.63) is 29.6 Å². The number of sulfonamides is 1. The van der Waals surface area contributed by atoms with Crippen molar-refractivity contribution in [1.82, 2.24) is 14.5 Å². The van der Waals surface area contributed by atoms with Crippen LogP contribution in [0.3, 0.4) is 0 Å². The summed E-state index contributed by atoms with van der Waals surface area (Å²) in [5.74, 6) is -0.886. The predicted molar refractivity (Wildman–Crippen MR) is 106 cm³/mol. The van der Waals surface area contributed by atoms with Crippen LogP contribution in [0.4, 0.5) is 4.39 Å². The lowest BCUT2D eigenvalue weighted by Crippen LogP contribution is -2.41. The normalized spacial score (nSPS) is 19.2. The number of amides is 2. The van der Waals surface area contributed by atoms with E-state index in [1.807, 2.05) is 0 Å². The maximum absolute atomic E-state index is 14.4. The lowest BCUT2D eigenvalue weighted by atomic mass is 9.96. The first-order chi connectivity index (χ1) is 13.8. The van der Waals surface area contributed by atoms with E-state index in [4.69, 9.17) is 0 Å². The molecule has 2 heterocycles. The lowest BCUT2D eigenvalue weighted by molar-refractivity contribution is -0.119. The van der Waals surface area contributed by atoms with E-state index in [-0.39, 0.29) is 17.4 Å². The molecule has 3 rings (SSSR count). The number of benzene rings is 1. The van der Waals surface area contributed by atoms with Crippen LogP contribution in [-0.2, 0) is 14.8 Å². The van der Waals surface area contributed by atoms with Gasteiger partial charge in [-0.3, -0.25) is 9.59 Å². The van der Waals surface area contributed by atoms with Crippen LogP contribution in [0.15, 0.2) is 23.1 Å². The monoisotopic (exact) mass is 425 g/mol. The molecule has 0 aromatic heterocycles. The van der Waals surface area contributed by atoms with Gasteiger partial charge < -0.3 is 10.2 Å². The fourth-order valence-corrected chi connectivity index (χ4v) is 5.50. The molecule has 1 aromatic rings. The van der Waals surface area contributed by atoms with Gasteiger partial charge in [0.25, 0.3) is 5.91 Å². The molecule has 0 atom stereocenters. The Morgan fingerprint density at radius 2 is 1.76 bits per heavy atom. The van der Waals surface area contributed by atoms with Gasteiger partial charge in [-0.2, -0.15) is 4.31 Å². The van der Waals surface area contributed by atoms with Crippen LogP contribution >= 0.6 is 0 Å². The number of rotatable bonds is 5. The summed E-state index contributed by atoms with van der Waals surface area (Å²) in [6.45, 7) is 3.86. The van der Waals surface area contributed by atoms with Crippen LogP contribution in [0.2, 0.25) is 0 Å². The van der Waals surface area contributed by atoms with Crippen molar-refractivity contribution < 1.29 is 22.4 Å². The fourth-order valence-electron chi connectivity index (χ4n) is 3.89. The summed E-state index contributed by atoms with van der Waals surface area (Å²) in [5.41, 5.74) is 0.183. The minimum Gasteiger partial charge on any atom is -0.356 e. The van der Waals surface area contributed by atoms with Crippen molar-refractivity contribution in [2.24, 2.45) is 5.92 Å². The van der Waals surface area contributed by atoms with Gasteiger partial charge in [-0.15, -0.1) is 0 Å². The van der Waals surface area contributed by atoms with Crippen LogP contribution in [-0.4, -0.2) is 62.2 Å². The number of piperidine rings is 2. The van der Waals surface area contributed by atoms with Gasteiger partial charge in [-0.05, 0) is 49.8 Å². The summed E-state index contributed by atoms with van der Waals surface area (Å²) in [5, 5.41) is 2.80. The minimum atomic E-state index is -3.96. The molecule has 0 aliphatic carbocycles. The average Bonchev–Trinajstić information content (AvgIpc) is 2.73. The quantitative estimate of drug-likeness (QED) is 0.782. The maximum Gasteiger partial charge on any atom is 0.253 e. The highest BCUT2D eigenvalue weighted by Crippen LogP contribution is 2.25. The Hall–Kier alpha value is -2.00. The SMILES string of the molecule is CC(=O)NCC1CCN(C(=O)c2ccc(F)c(S(=O)(=O)N3CCCCC3)c2)CC1. The van der Waals surface area contributed by atoms with Crippen LogP contribution < -0.4 is 5.32 Å². The predicted octanol–water partition coefficient (Wildman–Crippen LogP) is 1.99. The minimum absolute atomic E-state index is 0.0720. The molecule has 0 unspecified atom stereocenters. The maximum atomic E-state index is 14.4. The van der Waals surface area contributed by atoms with Gasteiger partial charge in [0.1, 0.15) is 10.7 Å². The lowest BCUT2D eigenvalue weighted by Gasteiger charge is -2.32. The van der Waals surface area contributed by atoms with Gasteiger partial charge in [-0.1, -0.05) is 6.42 Å².